The maximum absolute atomic E-state index is 11.7. The van der Waals surface area contributed by atoms with Crippen LogP contribution in [0.1, 0.15) is 24.2 Å². The average molecular weight is 585 g/mol. The van der Waals surface area contributed by atoms with Crippen molar-refractivity contribution in [3.8, 4) is 0 Å². The molecule has 1 rings (SSSR count). The number of nitrogens with one attached hydrogen (secondary N) is 1. The molecule has 0 unspecified atom stereocenters. The summed E-state index contributed by atoms with van der Waals surface area (Å²) in [7, 11) is 0. The van der Waals surface area contributed by atoms with Crippen LogP contribution in [0.25, 0.3) is 0 Å². The van der Waals surface area contributed by atoms with Crippen LogP contribution in [0.4, 0.5) is 5.69 Å². The predicted molar refractivity (Wildman–Crippen MR) is 95.0 cm³/mol. The number of carbonyl (C=O) groups excluding carboxylic acids is 1. The molecule has 2 N–H and O–H groups in total. The molecule has 0 bridgehead atoms. The zero-order chi connectivity index (χ0) is 14.0. The minimum atomic E-state index is -0.986. The zero-order valence-corrected chi connectivity index (χ0v) is 16.0. The van der Waals surface area contributed by atoms with Gasteiger partial charge in [0.25, 0.3) is 0 Å². The number of carboxylic acids is 1. The first kappa shape index (κ1) is 16.4. The lowest BCUT2D eigenvalue weighted by molar-refractivity contribution is -0.118. The van der Waals surface area contributed by atoms with E-state index in [9.17, 15) is 14.7 Å². The van der Waals surface area contributed by atoms with E-state index in [1.807, 2.05) is 45.2 Å². The first-order chi connectivity index (χ1) is 8.25. The molecule has 0 spiro atoms. The molecular formula is C11H10I3NO3. The van der Waals surface area contributed by atoms with Gasteiger partial charge >= 0.3 is 5.97 Å². The number of hydrogen-bond donors (Lipinski definition) is 2. The van der Waals surface area contributed by atoms with E-state index in [4.69, 9.17) is 0 Å². The van der Waals surface area contributed by atoms with Crippen LogP contribution in [0.2, 0.25) is 0 Å². The number of rotatable bonds is 3. The molecular weight excluding hydrogens is 575 g/mol. The molecule has 4 nitrogen and oxygen atoms in total. The van der Waals surface area contributed by atoms with Gasteiger partial charge in [0.2, 0.25) is 5.91 Å². The second-order valence-electron chi connectivity index (χ2n) is 3.85. The Morgan fingerprint density at radius 2 is 1.78 bits per heavy atom. The third kappa shape index (κ3) is 3.68. The van der Waals surface area contributed by atoms with Crippen LogP contribution in [-0.4, -0.2) is 17.0 Å². The maximum Gasteiger partial charge on any atom is 0.337 e. The largest absolute Gasteiger partial charge is 0.478 e. The molecule has 0 saturated carbocycles. The fraction of sp³-hybridized carbons (Fsp3) is 0.273. The molecule has 98 valence electrons. The van der Waals surface area contributed by atoms with Gasteiger partial charge in [0.05, 0.1) is 14.8 Å². The van der Waals surface area contributed by atoms with Gasteiger partial charge < -0.3 is 10.4 Å². The van der Waals surface area contributed by atoms with E-state index >= 15 is 0 Å². The summed E-state index contributed by atoms with van der Waals surface area (Å²) in [6, 6.07) is 1.75. The Hall–Kier alpha value is 0.350. The number of hydrogen-bond acceptors (Lipinski definition) is 2. The predicted octanol–water partition coefficient (Wildman–Crippen LogP) is 3.79. The van der Waals surface area contributed by atoms with E-state index in [0.717, 1.165) is 3.57 Å². The first-order valence-corrected chi connectivity index (χ1v) is 8.21. The van der Waals surface area contributed by atoms with Gasteiger partial charge in [-0.05, 0) is 73.8 Å². The molecule has 0 aliphatic rings. The van der Waals surface area contributed by atoms with Crippen LogP contribution in [0.3, 0.4) is 0 Å². The minimum Gasteiger partial charge on any atom is -0.478 e. The third-order valence-electron chi connectivity index (χ3n) is 2.16. The SMILES string of the molecule is CC(C)C(=O)Nc1c(I)cc(I)c(C(=O)O)c1I. The monoisotopic (exact) mass is 585 g/mol. The molecule has 0 aliphatic heterocycles. The van der Waals surface area contributed by atoms with E-state index < -0.39 is 5.97 Å². The third-order valence-corrected chi connectivity index (χ3v) is 4.94. The van der Waals surface area contributed by atoms with E-state index in [1.54, 1.807) is 19.9 Å². The van der Waals surface area contributed by atoms with E-state index in [2.05, 4.69) is 27.9 Å². The summed E-state index contributed by atoms with van der Waals surface area (Å²) < 4.78 is 2.06. The summed E-state index contributed by atoms with van der Waals surface area (Å²) in [6.07, 6.45) is 0. The normalized spacial score (nSPS) is 10.6. The van der Waals surface area contributed by atoms with E-state index in [-0.39, 0.29) is 17.4 Å². The molecule has 0 aromatic heterocycles. The summed E-state index contributed by atoms with van der Waals surface area (Å²) in [5, 5.41) is 12.0. The Kier molecular flexibility index (Phi) is 6.09. The Labute approximate surface area is 146 Å². The summed E-state index contributed by atoms with van der Waals surface area (Å²) in [5.74, 6) is -1.26. The van der Waals surface area contributed by atoms with Crippen molar-refractivity contribution in [3.05, 3.63) is 22.3 Å². The number of anilines is 1. The second kappa shape index (κ2) is 6.68. The summed E-state index contributed by atoms with van der Waals surface area (Å²) in [5.41, 5.74) is 0.809. The van der Waals surface area contributed by atoms with Gasteiger partial charge in [-0.1, -0.05) is 13.8 Å². The van der Waals surface area contributed by atoms with Gasteiger partial charge in [-0.25, -0.2) is 4.79 Å². The smallest absolute Gasteiger partial charge is 0.337 e. The van der Waals surface area contributed by atoms with Gasteiger partial charge in [0.1, 0.15) is 0 Å². The quantitative estimate of drug-likeness (QED) is 0.532. The Balaban J connectivity index is 3.32. The lowest BCUT2D eigenvalue weighted by Crippen LogP contribution is -2.20. The van der Waals surface area contributed by atoms with Gasteiger partial charge in [-0.3, -0.25) is 4.79 Å². The average Bonchev–Trinajstić information content (AvgIpc) is 2.22. The molecule has 0 atom stereocenters. The summed E-state index contributed by atoms with van der Waals surface area (Å²) in [4.78, 5) is 22.9. The number of amides is 1. The fourth-order valence-corrected chi connectivity index (χ4v) is 5.27. The molecule has 0 aliphatic carbocycles. The number of carboxylic acid groups (broad SMARTS) is 1. The van der Waals surface area contributed by atoms with Crippen LogP contribution in [0, 0.1) is 16.6 Å². The Morgan fingerprint density at radius 3 is 2.22 bits per heavy atom. The highest BCUT2D eigenvalue weighted by Gasteiger charge is 2.21. The topological polar surface area (TPSA) is 66.4 Å². The first-order valence-electron chi connectivity index (χ1n) is 4.97. The summed E-state index contributed by atoms with van der Waals surface area (Å²) in [6.45, 7) is 3.58. The molecule has 18 heavy (non-hydrogen) atoms. The van der Waals surface area contributed by atoms with E-state index in [0.29, 0.717) is 12.8 Å². The number of benzene rings is 1. The molecule has 0 saturated heterocycles. The van der Waals surface area contributed by atoms with Crippen LogP contribution in [-0.2, 0) is 4.79 Å². The molecule has 0 radical (unpaired) electrons. The number of carbonyl (C=O) groups is 2. The Morgan fingerprint density at radius 1 is 1.22 bits per heavy atom. The number of aromatic carboxylic acids is 1. The van der Waals surface area contributed by atoms with Crippen molar-refractivity contribution < 1.29 is 14.7 Å². The molecule has 1 amide bonds. The fourth-order valence-electron chi connectivity index (χ4n) is 1.17. The molecule has 0 fully saturated rings. The molecule has 0 heterocycles. The van der Waals surface area contributed by atoms with Crippen LogP contribution < -0.4 is 5.32 Å². The standard InChI is InChI=1S/C11H10I3NO3/c1-4(2)10(16)15-9-6(13)3-5(12)7(8(9)14)11(17)18/h3-4H,1-2H3,(H,15,16)(H,17,18). The minimum absolute atomic E-state index is 0.122. The molecule has 1 aromatic carbocycles. The summed E-state index contributed by atoms with van der Waals surface area (Å²) >= 11 is 6.04. The van der Waals surface area contributed by atoms with Crippen molar-refractivity contribution >= 4 is 85.3 Å². The second-order valence-corrected chi connectivity index (χ2v) is 7.26. The van der Waals surface area contributed by atoms with Crippen LogP contribution in [0.5, 0.6) is 0 Å². The zero-order valence-electron chi connectivity index (χ0n) is 9.55. The van der Waals surface area contributed by atoms with Crippen molar-refractivity contribution in [2.24, 2.45) is 5.92 Å². The maximum atomic E-state index is 11.7. The van der Waals surface area contributed by atoms with Gasteiger partial charge in [-0.2, -0.15) is 0 Å². The molecule has 7 heteroatoms. The van der Waals surface area contributed by atoms with Gasteiger partial charge in [-0.15, -0.1) is 0 Å². The lowest BCUT2D eigenvalue weighted by atomic mass is 10.1. The lowest BCUT2D eigenvalue weighted by Gasteiger charge is -2.14. The molecule has 1 aromatic rings. The van der Waals surface area contributed by atoms with Crippen molar-refractivity contribution in [3.63, 3.8) is 0 Å². The number of halogens is 3. The van der Waals surface area contributed by atoms with Crippen LogP contribution >= 0.6 is 67.8 Å². The highest BCUT2D eigenvalue weighted by Crippen LogP contribution is 2.32. The van der Waals surface area contributed by atoms with Crippen molar-refractivity contribution in [1.82, 2.24) is 0 Å². The van der Waals surface area contributed by atoms with Gasteiger partial charge in [0, 0.05) is 13.1 Å². The van der Waals surface area contributed by atoms with Crippen molar-refractivity contribution in [2.45, 2.75) is 13.8 Å². The van der Waals surface area contributed by atoms with Gasteiger partial charge in [0.15, 0.2) is 0 Å². The highest BCUT2D eigenvalue weighted by molar-refractivity contribution is 14.1. The van der Waals surface area contributed by atoms with Crippen molar-refractivity contribution in [1.29, 1.82) is 0 Å². The Bertz CT molecular complexity index is 515. The van der Waals surface area contributed by atoms with Crippen LogP contribution in [0.15, 0.2) is 6.07 Å². The van der Waals surface area contributed by atoms with E-state index in [1.165, 1.54) is 0 Å². The highest BCUT2D eigenvalue weighted by atomic mass is 127. The van der Waals surface area contributed by atoms with Crippen molar-refractivity contribution in [2.75, 3.05) is 5.32 Å².